The van der Waals surface area contributed by atoms with Crippen molar-refractivity contribution in [2.45, 2.75) is 11.3 Å². The Morgan fingerprint density at radius 3 is 2.58 bits per heavy atom. The van der Waals surface area contributed by atoms with Crippen molar-refractivity contribution in [3.8, 4) is 11.1 Å². The minimum absolute atomic E-state index is 1.15. The van der Waals surface area contributed by atoms with E-state index < -0.39 is 0 Å². The molecule has 19 heavy (non-hydrogen) atoms. The summed E-state index contributed by atoms with van der Waals surface area (Å²) >= 11 is 1.93. The second-order valence-corrected chi connectivity index (χ2v) is 5.80. The van der Waals surface area contributed by atoms with Gasteiger partial charge in [-0.15, -0.1) is 11.8 Å². The van der Waals surface area contributed by atoms with Crippen molar-refractivity contribution in [1.82, 2.24) is 10.2 Å². The van der Waals surface area contributed by atoms with Crippen LogP contribution >= 0.6 is 11.8 Å². The Hall–Kier alpha value is -1.87. The molecule has 0 aliphatic carbocycles. The molecule has 0 radical (unpaired) electrons. The molecule has 0 saturated heterocycles. The van der Waals surface area contributed by atoms with Gasteiger partial charge in [-0.05, 0) is 29.2 Å². The van der Waals surface area contributed by atoms with Crippen molar-refractivity contribution in [1.29, 1.82) is 0 Å². The Labute approximate surface area is 115 Å². The lowest BCUT2D eigenvalue weighted by molar-refractivity contribution is 1.04. The maximum atomic E-state index is 4.07. The quantitative estimate of drug-likeness (QED) is 0.665. The van der Waals surface area contributed by atoms with E-state index >= 15 is 0 Å². The highest BCUT2D eigenvalue weighted by Gasteiger charge is 2.18. The lowest BCUT2D eigenvalue weighted by Crippen LogP contribution is -1.90. The molecule has 3 aromatic rings. The molecular formula is C16H12N2S. The summed E-state index contributed by atoms with van der Waals surface area (Å²) in [5.74, 6) is 1.17. The summed E-state index contributed by atoms with van der Waals surface area (Å²) in [7, 11) is 0. The van der Waals surface area contributed by atoms with Crippen molar-refractivity contribution in [2.24, 2.45) is 0 Å². The van der Waals surface area contributed by atoms with E-state index in [-0.39, 0.29) is 0 Å². The van der Waals surface area contributed by atoms with Crippen LogP contribution in [0.4, 0.5) is 0 Å². The first-order valence-electron chi connectivity index (χ1n) is 6.38. The average Bonchev–Trinajstić information content (AvgIpc) is 2.96. The summed E-state index contributed by atoms with van der Waals surface area (Å²) in [6.45, 7) is 0. The standard InChI is InChI=1S/C16H12N2S/c1-2-4-11(5-3-1)13-8-12-6-7-19-16(12)15-10-18-17-9-14(13)15/h1-5,8-10H,6-7H2. The minimum atomic E-state index is 1.15. The van der Waals surface area contributed by atoms with Crippen LogP contribution in [0.3, 0.4) is 0 Å². The molecular weight excluding hydrogens is 252 g/mol. The van der Waals surface area contributed by atoms with Crippen LogP contribution < -0.4 is 0 Å². The second kappa shape index (κ2) is 4.35. The van der Waals surface area contributed by atoms with Gasteiger partial charge in [0.2, 0.25) is 0 Å². The van der Waals surface area contributed by atoms with Crippen molar-refractivity contribution >= 4 is 22.5 Å². The maximum Gasteiger partial charge on any atom is 0.0586 e. The lowest BCUT2D eigenvalue weighted by Gasteiger charge is -2.10. The van der Waals surface area contributed by atoms with Crippen LogP contribution in [0.15, 0.2) is 53.7 Å². The molecule has 0 unspecified atom stereocenters. The van der Waals surface area contributed by atoms with Gasteiger partial charge < -0.3 is 0 Å². The third-order valence-electron chi connectivity index (χ3n) is 3.58. The number of aromatic nitrogens is 2. The monoisotopic (exact) mass is 264 g/mol. The first-order valence-corrected chi connectivity index (χ1v) is 7.36. The topological polar surface area (TPSA) is 25.8 Å². The van der Waals surface area contributed by atoms with Gasteiger partial charge in [-0.1, -0.05) is 30.3 Å². The maximum absolute atomic E-state index is 4.07. The average molecular weight is 264 g/mol. The summed E-state index contributed by atoms with van der Waals surface area (Å²) < 4.78 is 0. The number of fused-ring (bicyclic) bond motifs is 3. The van der Waals surface area contributed by atoms with Gasteiger partial charge in [0.05, 0.1) is 12.4 Å². The Kier molecular flexibility index (Phi) is 2.52. The fourth-order valence-corrected chi connectivity index (χ4v) is 3.87. The van der Waals surface area contributed by atoms with Crippen LogP contribution in [0.5, 0.6) is 0 Å². The van der Waals surface area contributed by atoms with E-state index in [0.29, 0.717) is 0 Å². The Morgan fingerprint density at radius 1 is 0.947 bits per heavy atom. The van der Waals surface area contributed by atoms with E-state index in [9.17, 15) is 0 Å². The lowest BCUT2D eigenvalue weighted by atomic mass is 9.96. The molecule has 0 saturated carbocycles. The van der Waals surface area contributed by atoms with Gasteiger partial charge in [-0.2, -0.15) is 10.2 Å². The number of aryl methyl sites for hydroxylation is 1. The first kappa shape index (κ1) is 11.0. The number of nitrogens with zero attached hydrogens (tertiary/aromatic N) is 2. The van der Waals surface area contributed by atoms with Gasteiger partial charge in [-0.25, -0.2) is 0 Å². The molecule has 4 rings (SSSR count). The van der Waals surface area contributed by atoms with Crippen molar-refractivity contribution in [3.05, 3.63) is 54.4 Å². The van der Waals surface area contributed by atoms with Gasteiger partial charge in [-0.3, -0.25) is 0 Å². The van der Waals surface area contributed by atoms with Crippen LogP contribution in [0.2, 0.25) is 0 Å². The molecule has 0 atom stereocenters. The highest BCUT2D eigenvalue weighted by atomic mass is 32.2. The summed E-state index contributed by atoms with van der Waals surface area (Å²) in [4.78, 5) is 1.39. The molecule has 2 heterocycles. The number of hydrogen-bond donors (Lipinski definition) is 0. The second-order valence-electron chi connectivity index (χ2n) is 4.69. The first-order chi connectivity index (χ1) is 9.43. The molecule has 0 spiro atoms. The van der Waals surface area contributed by atoms with Crippen molar-refractivity contribution in [3.63, 3.8) is 0 Å². The molecule has 0 fully saturated rings. The smallest absolute Gasteiger partial charge is 0.0586 e. The molecule has 1 aliphatic heterocycles. The zero-order valence-electron chi connectivity index (χ0n) is 10.3. The Morgan fingerprint density at radius 2 is 1.74 bits per heavy atom. The van der Waals surface area contributed by atoms with Crippen molar-refractivity contribution < 1.29 is 0 Å². The van der Waals surface area contributed by atoms with Crippen LogP contribution in [0, 0.1) is 0 Å². The number of thioether (sulfide) groups is 1. The highest BCUT2D eigenvalue weighted by Crippen LogP contribution is 2.41. The van der Waals surface area contributed by atoms with Crippen molar-refractivity contribution in [2.75, 3.05) is 5.75 Å². The minimum Gasteiger partial charge on any atom is -0.158 e. The van der Waals surface area contributed by atoms with Gasteiger partial charge in [0.15, 0.2) is 0 Å². The molecule has 0 amide bonds. The fraction of sp³-hybridized carbons (Fsp3) is 0.125. The molecule has 3 heteroatoms. The summed E-state index contributed by atoms with van der Waals surface area (Å²) in [5.41, 5.74) is 3.97. The number of rotatable bonds is 1. The molecule has 0 bridgehead atoms. The molecule has 2 aromatic carbocycles. The molecule has 0 N–H and O–H groups in total. The van der Waals surface area contributed by atoms with Crippen LogP contribution in [0.1, 0.15) is 5.56 Å². The molecule has 1 aromatic heterocycles. The van der Waals surface area contributed by atoms with Gasteiger partial charge in [0.25, 0.3) is 0 Å². The summed E-state index contributed by atoms with van der Waals surface area (Å²) in [6, 6.07) is 12.9. The van der Waals surface area contributed by atoms with E-state index in [0.717, 1.165) is 6.42 Å². The van der Waals surface area contributed by atoms with Gasteiger partial charge in [0.1, 0.15) is 0 Å². The SMILES string of the molecule is c1ccc(-c2cc3c(c4cnncc24)SCC3)cc1. The van der Waals surface area contributed by atoms with E-state index in [1.165, 1.54) is 38.1 Å². The van der Waals surface area contributed by atoms with Crippen LogP contribution in [-0.2, 0) is 6.42 Å². The predicted octanol–water partition coefficient (Wildman–Crippen LogP) is 3.95. The zero-order chi connectivity index (χ0) is 12.7. The Balaban J connectivity index is 2.09. The van der Waals surface area contributed by atoms with Crippen LogP contribution in [0.25, 0.3) is 21.9 Å². The zero-order valence-corrected chi connectivity index (χ0v) is 11.2. The molecule has 92 valence electrons. The third-order valence-corrected chi connectivity index (χ3v) is 4.76. The number of benzene rings is 2. The number of hydrogen-bond acceptors (Lipinski definition) is 3. The van der Waals surface area contributed by atoms with E-state index in [2.05, 4.69) is 46.6 Å². The van der Waals surface area contributed by atoms with E-state index in [1.54, 1.807) is 0 Å². The van der Waals surface area contributed by atoms with Crippen LogP contribution in [-0.4, -0.2) is 16.0 Å². The summed E-state index contributed by atoms with van der Waals surface area (Å²) in [5, 5.41) is 10.6. The third kappa shape index (κ3) is 1.73. The fourth-order valence-electron chi connectivity index (χ4n) is 2.68. The summed E-state index contributed by atoms with van der Waals surface area (Å²) in [6.07, 6.45) is 4.94. The normalized spacial score (nSPS) is 13.7. The Bertz CT molecular complexity index is 753. The molecule has 2 nitrogen and oxygen atoms in total. The molecule has 1 aliphatic rings. The van der Waals surface area contributed by atoms with E-state index in [4.69, 9.17) is 0 Å². The predicted molar refractivity (Wildman–Crippen MR) is 79.4 cm³/mol. The van der Waals surface area contributed by atoms with Gasteiger partial charge >= 0.3 is 0 Å². The van der Waals surface area contributed by atoms with Gasteiger partial charge in [0, 0.05) is 21.4 Å². The largest absolute Gasteiger partial charge is 0.158 e. The van der Waals surface area contributed by atoms with E-state index in [1.807, 2.05) is 24.2 Å². The highest BCUT2D eigenvalue weighted by molar-refractivity contribution is 7.99.